The Labute approximate surface area is 156 Å². The van der Waals surface area contributed by atoms with E-state index >= 15 is 0 Å². The zero-order chi connectivity index (χ0) is 18.1. The molecule has 26 heavy (non-hydrogen) atoms. The van der Waals surface area contributed by atoms with E-state index in [0.717, 1.165) is 10.9 Å². The molecule has 2 aromatic carbocycles. The standard InChI is InChI=1S/C20H20ClN3O2/c21-16-4-1-2-5-17(16)24-18-12-14(13-6-7-13)8-9-15(18)19(23-20(24)26)22-10-3-11-25/h1-2,4-5,8-9,12-13,25H,3,6-7,10-11H2,(H,22,23,26). The molecular weight excluding hydrogens is 350 g/mol. The lowest BCUT2D eigenvalue weighted by Crippen LogP contribution is -2.24. The number of fused-ring (bicyclic) bond motifs is 1. The number of halogens is 1. The first-order valence-electron chi connectivity index (χ1n) is 8.85. The monoisotopic (exact) mass is 369 g/mol. The molecule has 0 atom stereocenters. The van der Waals surface area contributed by atoms with Crippen molar-refractivity contribution in [1.29, 1.82) is 0 Å². The number of nitrogens with zero attached hydrogens (tertiary/aromatic N) is 2. The lowest BCUT2D eigenvalue weighted by Gasteiger charge is -2.15. The fourth-order valence-electron chi connectivity index (χ4n) is 3.20. The van der Waals surface area contributed by atoms with Crippen LogP contribution in [0.25, 0.3) is 16.6 Å². The van der Waals surface area contributed by atoms with Gasteiger partial charge in [0.25, 0.3) is 0 Å². The lowest BCUT2D eigenvalue weighted by atomic mass is 10.1. The third-order valence-electron chi connectivity index (χ3n) is 4.69. The summed E-state index contributed by atoms with van der Waals surface area (Å²) in [5, 5.41) is 13.5. The molecule has 1 saturated carbocycles. The third-order valence-corrected chi connectivity index (χ3v) is 5.01. The largest absolute Gasteiger partial charge is 0.396 e. The van der Waals surface area contributed by atoms with Gasteiger partial charge in [0.15, 0.2) is 0 Å². The number of nitrogens with one attached hydrogen (secondary N) is 1. The maximum absolute atomic E-state index is 12.8. The molecule has 6 heteroatoms. The van der Waals surface area contributed by atoms with Gasteiger partial charge < -0.3 is 10.4 Å². The summed E-state index contributed by atoms with van der Waals surface area (Å²) in [5.41, 5.74) is 2.30. The maximum Gasteiger partial charge on any atom is 0.354 e. The van der Waals surface area contributed by atoms with E-state index in [9.17, 15) is 4.79 Å². The van der Waals surface area contributed by atoms with Crippen LogP contribution in [0.1, 0.15) is 30.7 Å². The highest BCUT2D eigenvalue weighted by atomic mass is 35.5. The van der Waals surface area contributed by atoms with Crippen LogP contribution in [0.5, 0.6) is 0 Å². The van der Waals surface area contributed by atoms with Crippen LogP contribution in [0.15, 0.2) is 47.3 Å². The molecule has 1 fully saturated rings. The molecule has 0 amide bonds. The molecule has 134 valence electrons. The van der Waals surface area contributed by atoms with Crippen LogP contribution in [-0.4, -0.2) is 27.8 Å². The highest BCUT2D eigenvalue weighted by Crippen LogP contribution is 2.41. The summed E-state index contributed by atoms with van der Waals surface area (Å²) in [5.74, 6) is 1.12. The molecular formula is C20H20ClN3O2. The summed E-state index contributed by atoms with van der Waals surface area (Å²) < 4.78 is 1.58. The Morgan fingerprint density at radius 3 is 2.77 bits per heavy atom. The Balaban J connectivity index is 1.94. The molecule has 0 aliphatic heterocycles. The van der Waals surface area contributed by atoms with E-state index in [1.807, 2.05) is 24.3 Å². The second kappa shape index (κ2) is 7.09. The zero-order valence-electron chi connectivity index (χ0n) is 14.3. The number of hydrogen-bond acceptors (Lipinski definition) is 4. The molecule has 2 N–H and O–H groups in total. The zero-order valence-corrected chi connectivity index (χ0v) is 15.0. The highest BCUT2D eigenvalue weighted by molar-refractivity contribution is 6.32. The smallest absolute Gasteiger partial charge is 0.354 e. The molecule has 3 aromatic rings. The molecule has 0 saturated heterocycles. The van der Waals surface area contributed by atoms with Gasteiger partial charge in [-0.05, 0) is 55.0 Å². The predicted molar refractivity (Wildman–Crippen MR) is 105 cm³/mol. The first-order valence-corrected chi connectivity index (χ1v) is 9.23. The van der Waals surface area contributed by atoms with Crippen molar-refractivity contribution in [3.05, 3.63) is 63.5 Å². The normalized spacial score (nSPS) is 13.9. The molecule has 4 rings (SSSR count). The van der Waals surface area contributed by atoms with Gasteiger partial charge in [-0.2, -0.15) is 4.98 Å². The maximum atomic E-state index is 12.8. The molecule has 0 bridgehead atoms. The number of aliphatic hydroxyl groups excluding tert-OH is 1. The van der Waals surface area contributed by atoms with E-state index in [2.05, 4.69) is 22.4 Å². The van der Waals surface area contributed by atoms with Gasteiger partial charge in [0, 0.05) is 18.5 Å². The van der Waals surface area contributed by atoms with E-state index in [-0.39, 0.29) is 12.3 Å². The van der Waals surface area contributed by atoms with E-state index in [1.54, 1.807) is 10.6 Å². The number of hydrogen-bond donors (Lipinski definition) is 2. The molecule has 1 aliphatic carbocycles. The topological polar surface area (TPSA) is 67.2 Å². The van der Waals surface area contributed by atoms with Crippen molar-refractivity contribution >= 4 is 28.3 Å². The fourth-order valence-corrected chi connectivity index (χ4v) is 3.42. The summed E-state index contributed by atoms with van der Waals surface area (Å²) in [4.78, 5) is 17.1. The van der Waals surface area contributed by atoms with Crippen molar-refractivity contribution in [2.75, 3.05) is 18.5 Å². The molecule has 0 spiro atoms. The number of aliphatic hydroxyl groups is 1. The number of rotatable bonds is 6. The molecule has 1 aliphatic rings. The van der Waals surface area contributed by atoms with Crippen LogP contribution in [0.3, 0.4) is 0 Å². The first-order chi connectivity index (χ1) is 12.7. The van der Waals surface area contributed by atoms with Crippen molar-refractivity contribution in [2.24, 2.45) is 0 Å². The average Bonchev–Trinajstić information content (AvgIpc) is 3.48. The number of anilines is 1. The van der Waals surface area contributed by atoms with Gasteiger partial charge in [0.05, 0.1) is 16.2 Å². The fraction of sp³-hybridized carbons (Fsp3) is 0.300. The number of benzene rings is 2. The first kappa shape index (κ1) is 17.1. The van der Waals surface area contributed by atoms with Gasteiger partial charge in [0.1, 0.15) is 5.82 Å². The number of para-hydroxylation sites is 1. The Morgan fingerprint density at radius 2 is 2.04 bits per heavy atom. The van der Waals surface area contributed by atoms with Crippen molar-refractivity contribution in [3.8, 4) is 5.69 Å². The van der Waals surface area contributed by atoms with Gasteiger partial charge >= 0.3 is 5.69 Å². The summed E-state index contributed by atoms with van der Waals surface area (Å²) in [6, 6.07) is 13.5. The third kappa shape index (κ3) is 3.20. The minimum absolute atomic E-state index is 0.0907. The van der Waals surface area contributed by atoms with E-state index in [4.69, 9.17) is 16.7 Å². The van der Waals surface area contributed by atoms with Crippen LogP contribution >= 0.6 is 11.6 Å². The molecule has 5 nitrogen and oxygen atoms in total. The van der Waals surface area contributed by atoms with Gasteiger partial charge in [-0.25, -0.2) is 4.79 Å². The quantitative estimate of drug-likeness (QED) is 0.650. The second-order valence-electron chi connectivity index (χ2n) is 6.58. The van der Waals surface area contributed by atoms with Crippen LogP contribution in [0, 0.1) is 0 Å². The summed E-state index contributed by atoms with van der Waals surface area (Å²) >= 11 is 6.36. The van der Waals surface area contributed by atoms with Gasteiger partial charge in [-0.3, -0.25) is 4.57 Å². The SMILES string of the molecule is O=c1nc(NCCCO)c2ccc(C3CC3)cc2n1-c1ccccc1Cl. The van der Waals surface area contributed by atoms with Crippen molar-refractivity contribution in [1.82, 2.24) is 9.55 Å². The average molecular weight is 370 g/mol. The van der Waals surface area contributed by atoms with Crippen molar-refractivity contribution in [3.63, 3.8) is 0 Å². The Morgan fingerprint density at radius 1 is 1.23 bits per heavy atom. The van der Waals surface area contributed by atoms with E-state index in [1.165, 1.54) is 18.4 Å². The van der Waals surface area contributed by atoms with Crippen LogP contribution in [-0.2, 0) is 0 Å². The van der Waals surface area contributed by atoms with E-state index < -0.39 is 0 Å². The second-order valence-corrected chi connectivity index (χ2v) is 6.99. The Kier molecular flexibility index (Phi) is 4.66. The van der Waals surface area contributed by atoms with Crippen molar-refractivity contribution in [2.45, 2.75) is 25.2 Å². The minimum Gasteiger partial charge on any atom is -0.396 e. The van der Waals surface area contributed by atoms with Crippen LogP contribution in [0.2, 0.25) is 5.02 Å². The van der Waals surface area contributed by atoms with E-state index in [0.29, 0.717) is 35.4 Å². The Hall–Kier alpha value is -2.37. The molecule has 0 radical (unpaired) electrons. The summed E-state index contributed by atoms with van der Waals surface area (Å²) in [7, 11) is 0. The van der Waals surface area contributed by atoms with Crippen LogP contribution in [0.4, 0.5) is 5.82 Å². The van der Waals surface area contributed by atoms with Gasteiger partial charge in [0.2, 0.25) is 0 Å². The predicted octanol–water partition coefficient (Wildman–Crippen LogP) is 3.71. The minimum atomic E-state index is -0.370. The van der Waals surface area contributed by atoms with Gasteiger partial charge in [-0.1, -0.05) is 29.8 Å². The van der Waals surface area contributed by atoms with Gasteiger partial charge in [-0.15, -0.1) is 0 Å². The highest BCUT2D eigenvalue weighted by Gasteiger charge is 2.24. The number of aromatic nitrogens is 2. The lowest BCUT2D eigenvalue weighted by molar-refractivity contribution is 0.292. The van der Waals surface area contributed by atoms with Crippen molar-refractivity contribution < 1.29 is 5.11 Å². The molecule has 1 aromatic heterocycles. The molecule has 1 heterocycles. The summed E-state index contributed by atoms with van der Waals surface area (Å²) in [6.07, 6.45) is 2.97. The Bertz CT molecular complexity index is 1010. The molecule has 0 unspecified atom stereocenters. The summed E-state index contributed by atoms with van der Waals surface area (Å²) in [6.45, 7) is 0.645. The van der Waals surface area contributed by atoms with Crippen LogP contribution < -0.4 is 11.0 Å².